The van der Waals surface area contributed by atoms with Crippen molar-refractivity contribution in [1.29, 1.82) is 0 Å². The van der Waals surface area contributed by atoms with Crippen LogP contribution in [0.2, 0.25) is 0 Å². The molecule has 114 valence electrons. The molecular weight excluding hydrogens is 250 g/mol. The van der Waals surface area contributed by atoms with E-state index < -0.39 is 0 Å². The van der Waals surface area contributed by atoms with E-state index in [2.05, 4.69) is 16.0 Å². The van der Waals surface area contributed by atoms with E-state index in [1.54, 1.807) is 6.92 Å². The van der Waals surface area contributed by atoms with Crippen LogP contribution in [0.15, 0.2) is 18.3 Å². The van der Waals surface area contributed by atoms with E-state index in [1.165, 1.54) is 0 Å². The van der Waals surface area contributed by atoms with E-state index in [4.69, 9.17) is 0 Å². The number of nitrogens with zero attached hydrogens (tertiary/aromatic N) is 3. The van der Waals surface area contributed by atoms with E-state index in [-0.39, 0.29) is 5.91 Å². The summed E-state index contributed by atoms with van der Waals surface area (Å²) in [6.07, 6.45) is 1.90. The molecule has 1 aromatic heterocycles. The second-order valence-electron chi connectivity index (χ2n) is 4.15. The molecule has 0 unspecified atom stereocenters. The number of aryl methyl sites for hydroxylation is 1. The highest BCUT2D eigenvalue weighted by Crippen LogP contribution is 2.15. The van der Waals surface area contributed by atoms with Crippen LogP contribution in [0, 0.1) is 6.92 Å². The van der Waals surface area contributed by atoms with Crippen LogP contribution in [0.1, 0.15) is 40.3 Å². The van der Waals surface area contributed by atoms with Gasteiger partial charge in [-0.25, -0.2) is 0 Å². The number of rotatable bonds is 1. The van der Waals surface area contributed by atoms with Gasteiger partial charge in [0.25, 0.3) is 0 Å². The van der Waals surface area contributed by atoms with E-state index in [1.807, 2.05) is 51.8 Å². The fourth-order valence-electron chi connectivity index (χ4n) is 1.93. The SMILES string of the molecule is CC.CC.CC(=O)N1CCN(c2ccc(C)nc2)CC1. The summed E-state index contributed by atoms with van der Waals surface area (Å²) in [7, 11) is 0. The van der Waals surface area contributed by atoms with Crippen molar-refractivity contribution < 1.29 is 4.79 Å². The van der Waals surface area contributed by atoms with E-state index >= 15 is 0 Å². The lowest BCUT2D eigenvalue weighted by Crippen LogP contribution is -2.48. The third-order valence-electron chi connectivity index (χ3n) is 2.99. The molecule has 1 aliphatic rings. The van der Waals surface area contributed by atoms with Gasteiger partial charge in [-0.15, -0.1) is 0 Å². The first-order valence-electron chi connectivity index (χ1n) is 7.60. The van der Waals surface area contributed by atoms with Gasteiger partial charge in [0.05, 0.1) is 11.9 Å². The normalized spacial score (nSPS) is 13.7. The van der Waals surface area contributed by atoms with Crippen molar-refractivity contribution in [3.05, 3.63) is 24.0 Å². The lowest BCUT2D eigenvalue weighted by molar-refractivity contribution is -0.129. The molecule has 0 aromatic carbocycles. The number of pyridine rings is 1. The fraction of sp³-hybridized carbons (Fsp3) is 0.625. The van der Waals surface area contributed by atoms with Crippen molar-refractivity contribution in [3.63, 3.8) is 0 Å². The highest BCUT2D eigenvalue weighted by atomic mass is 16.2. The number of piperazine rings is 1. The first kappa shape index (κ1) is 18.4. The number of hydrogen-bond donors (Lipinski definition) is 0. The van der Waals surface area contributed by atoms with Crippen molar-refractivity contribution in [3.8, 4) is 0 Å². The Morgan fingerprint density at radius 1 is 1.05 bits per heavy atom. The predicted molar refractivity (Wildman–Crippen MR) is 86.1 cm³/mol. The molecular formula is C16H29N3O. The monoisotopic (exact) mass is 279 g/mol. The number of carbonyl (C=O) groups is 1. The maximum Gasteiger partial charge on any atom is 0.219 e. The summed E-state index contributed by atoms with van der Waals surface area (Å²) >= 11 is 0. The second kappa shape index (κ2) is 10.2. The molecule has 2 rings (SSSR count). The Labute approximate surface area is 123 Å². The maximum absolute atomic E-state index is 11.2. The minimum atomic E-state index is 0.168. The minimum absolute atomic E-state index is 0.168. The van der Waals surface area contributed by atoms with Gasteiger partial charge in [0.2, 0.25) is 5.91 Å². The number of aromatic nitrogens is 1. The molecule has 1 saturated heterocycles. The molecule has 0 aliphatic carbocycles. The zero-order valence-corrected chi connectivity index (χ0v) is 13.8. The highest BCUT2D eigenvalue weighted by molar-refractivity contribution is 5.73. The van der Waals surface area contributed by atoms with E-state index in [0.29, 0.717) is 0 Å². The van der Waals surface area contributed by atoms with Crippen LogP contribution in [0.3, 0.4) is 0 Å². The van der Waals surface area contributed by atoms with Crippen molar-refractivity contribution in [1.82, 2.24) is 9.88 Å². The lowest BCUT2D eigenvalue weighted by Gasteiger charge is -2.35. The van der Waals surface area contributed by atoms with Crippen LogP contribution < -0.4 is 4.90 Å². The molecule has 0 radical (unpaired) electrons. The largest absolute Gasteiger partial charge is 0.367 e. The van der Waals surface area contributed by atoms with E-state index in [9.17, 15) is 4.79 Å². The Morgan fingerprint density at radius 2 is 1.60 bits per heavy atom. The number of amides is 1. The Hall–Kier alpha value is -1.58. The van der Waals surface area contributed by atoms with Gasteiger partial charge >= 0.3 is 0 Å². The van der Waals surface area contributed by atoms with Crippen LogP contribution in [-0.4, -0.2) is 42.0 Å². The first-order valence-corrected chi connectivity index (χ1v) is 7.60. The smallest absolute Gasteiger partial charge is 0.219 e. The Bertz CT molecular complexity index is 368. The van der Waals surface area contributed by atoms with Gasteiger partial charge in [0.1, 0.15) is 0 Å². The highest BCUT2D eigenvalue weighted by Gasteiger charge is 2.18. The van der Waals surface area contributed by atoms with Crippen LogP contribution in [0.5, 0.6) is 0 Å². The Kier molecular flexibility index (Phi) is 9.43. The van der Waals surface area contributed by atoms with Gasteiger partial charge < -0.3 is 9.80 Å². The third-order valence-corrected chi connectivity index (χ3v) is 2.99. The summed E-state index contributed by atoms with van der Waals surface area (Å²) in [5, 5.41) is 0. The molecule has 20 heavy (non-hydrogen) atoms. The summed E-state index contributed by atoms with van der Waals surface area (Å²) in [4.78, 5) is 19.6. The number of hydrogen-bond acceptors (Lipinski definition) is 3. The lowest BCUT2D eigenvalue weighted by atomic mass is 10.2. The first-order chi connectivity index (χ1) is 9.66. The zero-order valence-electron chi connectivity index (χ0n) is 13.8. The molecule has 0 atom stereocenters. The molecule has 1 aromatic rings. The van der Waals surface area contributed by atoms with Crippen LogP contribution in [0.4, 0.5) is 5.69 Å². The fourth-order valence-corrected chi connectivity index (χ4v) is 1.93. The third kappa shape index (κ3) is 5.59. The van der Waals surface area contributed by atoms with Gasteiger partial charge in [-0.05, 0) is 19.1 Å². The van der Waals surface area contributed by atoms with Crippen molar-refractivity contribution >= 4 is 11.6 Å². The maximum atomic E-state index is 11.2. The Balaban J connectivity index is 0.000000829. The van der Waals surface area contributed by atoms with Gasteiger partial charge in [-0.2, -0.15) is 0 Å². The van der Waals surface area contributed by atoms with Gasteiger partial charge in [0.15, 0.2) is 0 Å². The summed E-state index contributed by atoms with van der Waals surface area (Å²) < 4.78 is 0. The quantitative estimate of drug-likeness (QED) is 0.792. The second-order valence-corrected chi connectivity index (χ2v) is 4.15. The molecule has 0 bridgehead atoms. The molecule has 1 fully saturated rings. The molecule has 0 N–H and O–H groups in total. The average Bonchev–Trinajstić information content (AvgIpc) is 2.52. The van der Waals surface area contributed by atoms with Crippen molar-refractivity contribution in [2.75, 3.05) is 31.1 Å². The van der Waals surface area contributed by atoms with E-state index in [0.717, 1.165) is 37.6 Å². The summed E-state index contributed by atoms with van der Waals surface area (Å²) in [5.74, 6) is 0.168. The molecule has 1 amide bonds. The molecule has 4 nitrogen and oxygen atoms in total. The minimum Gasteiger partial charge on any atom is -0.367 e. The topological polar surface area (TPSA) is 36.4 Å². The molecule has 0 saturated carbocycles. The van der Waals surface area contributed by atoms with Crippen molar-refractivity contribution in [2.45, 2.75) is 41.5 Å². The predicted octanol–water partition coefficient (Wildman–Crippen LogP) is 3.11. The van der Waals surface area contributed by atoms with Crippen LogP contribution in [0.25, 0.3) is 0 Å². The number of anilines is 1. The average molecular weight is 279 g/mol. The standard InChI is InChI=1S/C12H17N3O.2C2H6/c1-10-3-4-12(9-13-10)15-7-5-14(6-8-15)11(2)16;2*1-2/h3-4,9H,5-8H2,1-2H3;2*1-2H3. The molecule has 0 spiro atoms. The molecule has 4 heteroatoms. The molecule has 1 aliphatic heterocycles. The van der Waals surface area contributed by atoms with Gasteiger partial charge in [-0.3, -0.25) is 9.78 Å². The van der Waals surface area contributed by atoms with Gasteiger partial charge in [-0.1, -0.05) is 27.7 Å². The summed E-state index contributed by atoms with van der Waals surface area (Å²) in [6, 6.07) is 4.11. The van der Waals surface area contributed by atoms with Crippen LogP contribution in [-0.2, 0) is 4.79 Å². The van der Waals surface area contributed by atoms with Gasteiger partial charge in [0, 0.05) is 38.8 Å². The Morgan fingerprint density at radius 3 is 2.00 bits per heavy atom. The molecule has 2 heterocycles. The van der Waals surface area contributed by atoms with Crippen LogP contribution >= 0.6 is 0 Å². The summed E-state index contributed by atoms with van der Waals surface area (Å²) in [5.41, 5.74) is 2.18. The zero-order chi connectivity index (χ0) is 15.5. The van der Waals surface area contributed by atoms with Crippen molar-refractivity contribution in [2.24, 2.45) is 0 Å². The summed E-state index contributed by atoms with van der Waals surface area (Å²) in [6.45, 7) is 15.0. The number of carbonyl (C=O) groups excluding carboxylic acids is 1.